The molecule has 0 aliphatic carbocycles. The van der Waals surface area contributed by atoms with Crippen molar-refractivity contribution in [1.29, 1.82) is 5.26 Å². The van der Waals surface area contributed by atoms with Crippen LogP contribution in [0.15, 0.2) is 47.1 Å². The summed E-state index contributed by atoms with van der Waals surface area (Å²) in [7, 11) is 0. The van der Waals surface area contributed by atoms with Crippen molar-refractivity contribution < 1.29 is 14.3 Å². The number of allylic oxidation sites excluding steroid dienone is 2. The summed E-state index contributed by atoms with van der Waals surface area (Å²) in [5, 5.41) is 9.90. The lowest BCUT2D eigenvalue weighted by atomic mass is 9.83. The minimum absolute atomic E-state index is 0.0315. The number of rotatable bonds is 3. The quantitative estimate of drug-likeness (QED) is 0.858. The van der Waals surface area contributed by atoms with E-state index in [0.717, 1.165) is 0 Å². The molecule has 1 aliphatic heterocycles. The van der Waals surface area contributed by atoms with Crippen LogP contribution < -0.4 is 5.73 Å². The number of nitrogens with two attached hydrogens (primary N) is 1. The zero-order valence-electron chi connectivity index (χ0n) is 13.1. The van der Waals surface area contributed by atoms with Crippen LogP contribution in [0.25, 0.3) is 0 Å². The number of carbonyl (C=O) groups is 1. The number of hydrogen-bond donors (Lipinski definition) is 1. The maximum atomic E-state index is 12.5. The second kappa shape index (κ2) is 6.76. The average molecular weight is 333 g/mol. The zero-order chi connectivity index (χ0) is 17.1. The van der Waals surface area contributed by atoms with Gasteiger partial charge in [0.1, 0.15) is 17.4 Å². The lowest BCUT2D eigenvalue weighted by Gasteiger charge is -2.27. The van der Waals surface area contributed by atoms with Crippen LogP contribution >= 0.6 is 11.6 Å². The molecule has 0 saturated carbocycles. The molecule has 0 radical (unpaired) electrons. The van der Waals surface area contributed by atoms with Gasteiger partial charge in [-0.2, -0.15) is 5.26 Å². The number of halogens is 1. The Kier molecular flexibility index (Phi) is 4.97. The predicted octanol–water partition coefficient (Wildman–Crippen LogP) is 3.37. The van der Waals surface area contributed by atoms with Crippen LogP contribution in [0.1, 0.15) is 32.3 Å². The van der Waals surface area contributed by atoms with Gasteiger partial charge in [0.25, 0.3) is 0 Å². The molecule has 0 unspecified atom stereocenters. The molecular formula is C17H17ClN2O3. The van der Waals surface area contributed by atoms with E-state index < -0.39 is 11.9 Å². The third kappa shape index (κ3) is 3.33. The number of esters is 1. The number of hydrogen-bond acceptors (Lipinski definition) is 5. The van der Waals surface area contributed by atoms with E-state index >= 15 is 0 Å². The van der Waals surface area contributed by atoms with E-state index in [9.17, 15) is 10.1 Å². The normalized spacial score (nSPS) is 17.8. The number of nitriles is 1. The van der Waals surface area contributed by atoms with Gasteiger partial charge in [-0.25, -0.2) is 4.79 Å². The molecular weight excluding hydrogens is 316 g/mol. The molecule has 6 heteroatoms. The molecule has 0 saturated heterocycles. The second-order valence-electron chi connectivity index (χ2n) is 5.37. The molecule has 1 atom stereocenters. The summed E-state index contributed by atoms with van der Waals surface area (Å²) in [6, 6.07) is 9.01. The van der Waals surface area contributed by atoms with Crippen molar-refractivity contribution in [1.82, 2.24) is 0 Å². The largest absolute Gasteiger partial charge is 0.459 e. The van der Waals surface area contributed by atoms with E-state index in [4.69, 9.17) is 26.8 Å². The van der Waals surface area contributed by atoms with Crippen LogP contribution in [0.3, 0.4) is 0 Å². The van der Waals surface area contributed by atoms with E-state index in [1.807, 2.05) is 6.07 Å². The fraction of sp³-hybridized carbons (Fsp3) is 0.294. The summed E-state index contributed by atoms with van der Waals surface area (Å²) in [5.74, 6) is -0.996. The highest BCUT2D eigenvalue weighted by molar-refractivity contribution is 6.31. The molecule has 2 rings (SSSR count). The van der Waals surface area contributed by atoms with Crippen LogP contribution in [0, 0.1) is 11.3 Å². The monoisotopic (exact) mass is 332 g/mol. The fourth-order valence-corrected chi connectivity index (χ4v) is 2.69. The Morgan fingerprint density at radius 2 is 2.09 bits per heavy atom. The third-order valence-corrected chi connectivity index (χ3v) is 3.73. The van der Waals surface area contributed by atoms with Gasteiger partial charge in [-0.3, -0.25) is 0 Å². The predicted molar refractivity (Wildman–Crippen MR) is 86.0 cm³/mol. The molecule has 1 aromatic rings. The summed E-state index contributed by atoms with van der Waals surface area (Å²) in [4.78, 5) is 12.5. The maximum absolute atomic E-state index is 12.5. The molecule has 23 heavy (non-hydrogen) atoms. The van der Waals surface area contributed by atoms with Crippen molar-refractivity contribution >= 4 is 17.6 Å². The zero-order valence-corrected chi connectivity index (χ0v) is 13.8. The van der Waals surface area contributed by atoms with Crippen molar-refractivity contribution in [3.05, 3.63) is 57.6 Å². The van der Waals surface area contributed by atoms with Crippen molar-refractivity contribution in [3.63, 3.8) is 0 Å². The Bertz CT molecular complexity index is 744. The molecule has 0 bridgehead atoms. The van der Waals surface area contributed by atoms with E-state index in [-0.39, 0.29) is 23.1 Å². The summed E-state index contributed by atoms with van der Waals surface area (Å²) in [6.07, 6.45) is -0.302. The molecule has 5 nitrogen and oxygen atoms in total. The Hall–Kier alpha value is -2.45. The van der Waals surface area contributed by atoms with Gasteiger partial charge in [-0.15, -0.1) is 0 Å². The second-order valence-corrected chi connectivity index (χ2v) is 5.78. The highest BCUT2D eigenvalue weighted by Gasteiger charge is 2.37. The van der Waals surface area contributed by atoms with Gasteiger partial charge in [-0.1, -0.05) is 29.8 Å². The number of benzene rings is 1. The van der Waals surface area contributed by atoms with Gasteiger partial charge < -0.3 is 15.2 Å². The Morgan fingerprint density at radius 3 is 2.65 bits per heavy atom. The number of ether oxygens (including phenoxy) is 2. The van der Waals surface area contributed by atoms with Crippen molar-refractivity contribution in [2.45, 2.75) is 32.8 Å². The first kappa shape index (κ1) is 16.9. The van der Waals surface area contributed by atoms with Gasteiger partial charge in [0, 0.05) is 5.02 Å². The molecule has 0 amide bonds. The molecule has 1 aliphatic rings. The average Bonchev–Trinajstić information content (AvgIpc) is 2.46. The fourth-order valence-electron chi connectivity index (χ4n) is 2.44. The first-order valence-corrected chi connectivity index (χ1v) is 7.48. The van der Waals surface area contributed by atoms with E-state index in [0.29, 0.717) is 16.3 Å². The Labute approximate surface area is 139 Å². The highest BCUT2D eigenvalue weighted by Crippen LogP contribution is 2.41. The highest BCUT2D eigenvalue weighted by atomic mass is 35.5. The summed E-state index contributed by atoms with van der Waals surface area (Å²) >= 11 is 6.26. The summed E-state index contributed by atoms with van der Waals surface area (Å²) in [5.41, 5.74) is 6.80. The lowest BCUT2D eigenvalue weighted by molar-refractivity contribution is -0.143. The summed E-state index contributed by atoms with van der Waals surface area (Å²) in [6.45, 7) is 5.11. The van der Waals surface area contributed by atoms with E-state index in [1.54, 1.807) is 45.0 Å². The first-order valence-electron chi connectivity index (χ1n) is 7.10. The molecule has 0 spiro atoms. The molecule has 1 heterocycles. The van der Waals surface area contributed by atoms with Gasteiger partial charge in [0.05, 0.1) is 17.6 Å². The van der Waals surface area contributed by atoms with Crippen LogP contribution in [-0.2, 0) is 14.3 Å². The standard InChI is InChI=1S/C17H17ClN2O3/c1-9(2)22-17(21)14-10(3)23-16(20)12(8-19)15(14)11-6-4-5-7-13(11)18/h4-7,9,15H,20H2,1-3H3/t15-/m0/s1. The van der Waals surface area contributed by atoms with E-state index in [1.165, 1.54) is 0 Å². The molecule has 2 N–H and O–H groups in total. The van der Waals surface area contributed by atoms with Crippen molar-refractivity contribution in [3.8, 4) is 6.07 Å². The minimum Gasteiger partial charge on any atom is -0.459 e. The van der Waals surface area contributed by atoms with Gasteiger partial charge in [0.2, 0.25) is 5.88 Å². The number of nitrogens with zero attached hydrogens (tertiary/aromatic N) is 1. The van der Waals surface area contributed by atoms with Crippen LogP contribution in [0.4, 0.5) is 0 Å². The van der Waals surface area contributed by atoms with Gasteiger partial charge in [0.15, 0.2) is 0 Å². The lowest BCUT2D eigenvalue weighted by Crippen LogP contribution is -2.27. The SMILES string of the molecule is CC1=C(C(=O)OC(C)C)[C@@H](c2ccccc2Cl)C(C#N)=C(N)O1. The van der Waals surface area contributed by atoms with Crippen molar-refractivity contribution in [2.24, 2.45) is 5.73 Å². The minimum atomic E-state index is -0.714. The topological polar surface area (TPSA) is 85.3 Å². The van der Waals surface area contributed by atoms with Gasteiger partial charge >= 0.3 is 5.97 Å². The molecule has 0 fully saturated rings. The summed E-state index contributed by atoms with van der Waals surface area (Å²) < 4.78 is 10.7. The van der Waals surface area contributed by atoms with Crippen molar-refractivity contribution in [2.75, 3.05) is 0 Å². The molecule has 0 aromatic heterocycles. The van der Waals surface area contributed by atoms with Gasteiger partial charge in [-0.05, 0) is 32.4 Å². The molecule has 120 valence electrons. The molecule has 1 aromatic carbocycles. The third-order valence-electron chi connectivity index (χ3n) is 3.38. The maximum Gasteiger partial charge on any atom is 0.338 e. The first-order chi connectivity index (χ1) is 10.9. The van der Waals surface area contributed by atoms with Crippen LogP contribution in [0.2, 0.25) is 5.02 Å². The van der Waals surface area contributed by atoms with Crippen LogP contribution in [0.5, 0.6) is 0 Å². The van der Waals surface area contributed by atoms with Crippen LogP contribution in [-0.4, -0.2) is 12.1 Å². The smallest absolute Gasteiger partial charge is 0.338 e. The Morgan fingerprint density at radius 1 is 1.43 bits per heavy atom. The number of carbonyl (C=O) groups excluding carboxylic acids is 1. The van der Waals surface area contributed by atoms with E-state index in [2.05, 4.69) is 0 Å². The Balaban J connectivity index is 2.63.